The summed E-state index contributed by atoms with van der Waals surface area (Å²) in [6.45, 7) is 6.92. The van der Waals surface area contributed by atoms with Gasteiger partial charge in [0.25, 0.3) is 0 Å². The number of primary amides is 1. The van der Waals surface area contributed by atoms with Gasteiger partial charge in [0.15, 0.2) is 0 Å². The minimum absolute atomic E-state index is 0.0281. The highest BCUT2D eigenvalue weighted by atomic mass is 16.2. The molecule has 1 saturated heterocycles. The molecule has 3 rings (SSSR count). The fourth-order valence-corrected chi connectivity index (χ4v) is 4.58. The van der Waals surface area contributed by atoms with Crippen LogP contribution in [0, 0.1) is 26.7 Å². The summed E-state index contributed by atoms with van der Waals surface area (Å²) in [4.78, 5) is 26.6. The van der Waals surface area contributed by atoms with E-state index in [1.165, 1.54) is 5.56 Å². The zero-order valence-electron chi connectivity index (χ0n) is 15.5. The van der Waals surface area contributed by atoms with Gasteiger partial charge in [0.1, 0.15) is 0 Å². The molecule has 5 heteroatoms. The molecule has 25 heavy (non-hydrogen) atoms. The number of anilines is 1. The Morgan fingerprint density at radius 1 is 1.12 bits per heavy atom. The lowest BCUT2D eigenvalue weighted by molar-refractivity contribution is -0.125. The third-order valence-electron chi connectivity index (χ3n) is 5.66. The quantitative estimate of drug-likeness (QED) is 0.881. The number of amides is 2. The van der Waals surface area contributed by atoms with Crippen molar-refractivity contribution >= 4 is 17.5 Å². The molecule has 2 aliphatic rings. The lowest BCUT2D eigenvalue weighted by Crippen LogP contribution is -2.51. The minimum atomic E-state index is -0.246. The number of carbonyl (C=O) groups is 2. The summed E-state index contributed by atoms with van der Waals surface area (Å²) in [5.74, 6) is -0.285. The van der Waals surface area contributed by atoms with Gasteiger partial charge in [-0.05, 0) is 51.2 Å². The predicted octanol–water partition coefficient (Wildman–Crippen LogP) is 2.35. The molecule has 0 radical (unpaired) electrons. The molecule has 0 bridgehead atoms. The van der Waals surface area contributed by atoms with Crippen molar-refractivity contribution in [3.05, 3.63) is 28.8 Å². The number of nitrogens with two attached hydrogens (primary N) is 1. The molecular formula is C20H29N3O2. The Hall–Kier alpha value is -1.88. The minimum Gasteiger partial charge on any atom is -0.369 e. The standard InChI is InChI=1S/C20H29N3O2/c1-12-10-13(2)18(14(3)11-12)23-9-8-17(20(23)25)22-16-7-5-4-6-15(16)19(21)24/h10-11,15-17,22H,4-9H2,1-3H3,(H2,21,24)/t15-,16+,17-/m0/s1. The van der Waals surface area contributed by atoms with E-state index in [9.17, 15) is 9.59 Å². The van der Waals surface area contributed by atoms with Crippen molar-refractivity contribution in [3.8, 4) is 0 Å². The van der Waals surface area contributed by atoms with Crippen molar-refractivity contribution in [1.82, 2.24) is 5.32 Å². The molecule has 1 aliphatic heterocycles. The predicted molar refractivity (Wildman–Crippen MR) is 99.5 cm³/mol. The Kier molecular flexibility index (Phi) is 5.13. The Labute approximate surface area is 150 Å². The smallest absolute Gasteiger partial charge is 0.244 e. The molecule has 1 aromatic carbocycles. The van der Waals surface area contributed by atoms with Crippen molar-refractivity contribution in [2.75, 3.05) is 11.4 Å². The van der Waals surface area contributed by atoms with Gasteiger partial charge >= 0.3 is 0 Å². The molecule has 2 amide bonds. The van der Waals surface area contributed by atoms with Crippen LogP contribution in [0.4, 0.5) is 5.69 Å². The van der Waals surface area contributed by atoms with E-state index in [0.717, 1.165) is 55.5 Å². The van der Waals surface area contributed by atoms with Gasteiger partial charge in [0, 0.05) is 18.3 Å². The average molecular weight is 343 g/mol. The van der Waals surface area contributed by atoms with Gasteiger partial charge in [-0.3, -0.25) is 9.59 Å². The summed E-state index contributed by atoms with van der Waals surface area (Å²) in [6, 6.07) is 4.06. The SMILES string of the molecule is Cc1cc(C)c(N2CC[C@H](N[C@@H]3CCCC[C@@H]3C(N)=O)C2=O)c(C)c1. The number of hydrogen-bond donors (Lipinski definition) is 2. The van der Waals surface area contributed by atoms with E-state index < -0.39 is 0 Å². The second kappa shape index (κ2) is 7.16. The van der Waals surface area contributed by atoms with Crippen molar-refractivity contribution in [1.29, 1.82) is 0 Å². The largest absolute Gasteiger partial charge is 0.369 e. The number of benzene rings is 1. The van der Waals surface area contributed by atoms with E-state index in [-0.39, 0.29) is 29.8 Å². The first-order valence-electron chi connectivity index (χ1n) is 9.33. The summed E-state index contributed by atoms with van der Waals surface area (Å²) in [7, 11) is 0. The number of aryl methyl sites for hydroxylation is 3. The molecule has 136 valence electrons. The molecule has 3 atom stereocenters. The van der Waals surface area contributed by atoms with Crippen LogP contribution in [-0.4, -0.2) is 30.4 Å². The Morgan fingerprint density at radius 2 is 1.76 bits per heavy atom. The van der Waals surface area contributed by atoms with Crippen molar-refractivity contribution in [2.24, 2.45) is 11.7 Å². The van der Waals surface area contributed by atoms with Gasteiger partial charge in [-0.15, -0.1) is 0 Å². The van der Waals surface area contributed by atoms with Crippen LogP contribution in [0.1, 0.15) is 48.8 Å². The fraction of sp³-hybridized carbons (Fsp3) is 0.600. The van der Waals surface area contributed by atoms with Crippen molar-refractivity contribution in [3.63, 3.8) is 0 Å². The molecule has 0 spiro atoms. The number of nitrogens with one attached hydrogen (secondary N) is 1. The molecule has 5 nitrogen and oxygen atoms in total. The molecular weight excluding hydrogens is 314 g/mol. The van der Waals surface area contributed by atoms with Gasteiger partial charge in [0.05, 0.1) is 12.0 Å². The fourth-order valence-electron chi connectivity index (χ4n) is 4.58. The molecule has 3 N–H and O–H groups in total. The van der Waals surface area contributed by atoms with Crippen LogP contribution in [0.15, 0.2) is 12.1 Å². The summed E-state index contributed by atoms with van der Waals surface area (Å²) >= 11 is 0. The maximum absolute atomic E-state index is 13.0. The molecule has 0 aromatic heterocycles. The van der Waals surface area contributed by atoms with E-state index in [1.807, 2.05) is 4.90 Å². The normalized spacial score (nSPS) is 26.9. The van der Waals surface area contributed by atoms with E-state index in [4.69, 9.17) is 5.73 Å². The number of nitrogens with zero attached hydrogens (tertiary/aromatic N) is 1. The summed E-state index contributed by atoms with van der Waals surface area (Å²) in [5.41, 5.74) is 10.1. The van der Waals surface area contributed by atoms with Crippen LogP contribution in [0.5, 0.6) is 0 Å². The van der Waals surface area contributed by atoms with Gasteiger partial charge in [-0.25, -0.2) is 0 Å². The van der Waals surface area contributed by atoms with Crippen LogP contribution < -0.4 is 16.0 Å². The molecule has 1 aliphatic carbocycles. The molecule has 0 unspecified atom stereocenters. The van der Waals surface area contributed by atoms with E-state index >= 15 is 0 Å². The third-order valence-corrected chi connectivity index (χ3v) is 5.66. The van der Waals surface area contributed by atoms with Gasteiger partial charge in [-0.1, -0.05) is 30.5 Å². The highest BCUT2D eigenvalue weighted by molar-refractivity contribution is 6.00. The highest BCUT2D eigenvalue weighted by Crippen LogP contribution is 2.31. The van der Waals surface area contributed by atoms with Crippen LogP contribution in [0.2, 0.25) is 0 Å². The number of rotatable bonds is 4. The Balaban J connectivity index is 1.75. The maximum Gasteiger partial charge on any atom is 0.244 e. The molecule has 1 saturated carbocycles. The molecule has 1 aromatic rings. The van der Waals surface area contributed by atoms with Crippen LogP contribution >= 0.6 is 0 Å². The maximum atomic E-state index is 13.0. The Morgan fingerprint density at radius 3 is 2.40 bits per heavy atom. The third kappa shape index (κ3) is 3.56. The lowest BCUT2D eigenvalue weighted by atomic mass is 9.83. The molecule has 2 fully saturated rings. The summed E-state index contributed by atoms with van der Waals surface area (Å²) < 4.78 is 0. The van der Waals surface area contributed by atoms with Crippen LogP contribution in [0.25, 0.3) is 0 Å². The first-order valence-corrected chi connectivity index (χ1v) is 9.33. The Bertz CT molecular complexity index is 663. The lowest BCUT2D eigenvalue weighted by Gasteiger charge is -2.32. The summed E-state index contributed by atoms with van der Waals surface area (Å²) in [6.07, 6.45) is 4.64. The van der Waals surface area contributed by atoms with E-state index in [2.05, 4.69) is 38.2 Å². The first-order chi connectivity index (χ1) is 11.9. The van der Waals surface area contributed by atoms with Crippen molar-refractivity contribution < 1.29 is 9.59 Å². The second-order valence-electron chi connectivity index (χ2n) is 7.64. The zero-order valence-corrected chi connectivity index (χ0v) is 15.5. The van der Waals surface area contributed by atoms with Gasteiger partial charge in [0.2, 0.25) is 11.8 Å². The van der Waals surface area contributed by atoms with Crippen LogP contribution in [-0.2, 0) is 9.59 Å². The average Bonchev–Trinajstić information content (AvgIpc) is 2.88. The first kappa shape index (κ1) is 17.9. The van der Waals surface area contributed by atoms with Gasteiger partial charge in [-0.2, -0.15) is 0 Å². The zero-order chi connectivity index (χ0) is 18.1. The van der Waals surface area contributed by atoms with Gasteiger partial charge < -0.3 is 16.0 Å². The summed E-state index contributed by atoms with van der Waals surface area (Å²) in [5, 5.41) is 3.46. The number of hydrogen-bond acceptors (Lipinski definition) is 3. The number of carbonyl (C=O) groups excluding carboxylic acids is 2. The van der Waals surface area contributed by atoms with E-state index in [1.54, 1.807) is 0 Å². The molecule has 1 heterocycles. The second-order valence-corrected chi connectivity index (χ2v) is 7.64. The topological polar surface area (TPSA) is 75.4 Å². The van der Waals surface area contributed by atoms with E-state index in [0.29, 0.717) is 0 Å². The van der Waals surface area contributed by atoms with Crippen LogP contribution in [0.3, 0.4) is 0 Å². The van der Waals surface area contributed by atoms with Crippen molar-refractivity contribution in [2.45, 2.75) is 65.0 Å². The highest BCUT2D eigenvalue weighted by Gasteiger charge is 2.38. The monoisotopic (exact) mass is 343 g/mol.